The van der Waals surface area contributed by atoms with Crippen LogP contribution in [0.3, 0.4) is 0 Å². The van der Waals surface area contributed by atoms with Gasteiger partial charge in [0, 0.05) is 6.20 Å². The molecule has 2 N–H and O–H groups in total. The number of rotatable bonds is 2. The van der Waals surface area contributed by atoms with Crippen LogP contribution in [0.1, 0.15) is 44.7 Å². The summed E-state index contributed by atoms with van der Waals surface area (Å²) >= 11 is 0. The van der Waals surface area contributed by atoms with E-state index in [0.717, 1.165) is 5.69 Å². The SMILES string of the molecule is CC(N)(c1ccccn1)C1CCCCC1. The quantitative estimate of drug-likeness (QED) is 0.804. The Bertz CT molecular complexity index is 300. The largest absolute Gasteiger partial charge is 0.320 e. The van der Waals surface area contributed by atoms with Crippen LogP contribution in [0.5, 0.6) is 0 Å². The maximum atomic E-state index is 6.45. The van der Waals surface area contributed by atoms with Crippen LogP contribution in [0.4, 0.5) is 0 Å². The Morgan fingerprint density at radius 1 is 1.27 bits per heavy atom. The summed E-state index contributed by atoms with van der Waals surface area (Å²) in [5, 5.41) is 0. The first-order valence-electron chi connectivity index (χ1n) is 5.91. The molecule has 1 aromatic heterocycles. The van der Waals surface area contributed by atoms with E-state index in [1.165, 1.54) is 32.1 Å². The molecule has 0 aromatic carbocycles. The number of aromatic nitrogens is 1. The summed E-state index contributed by atoms with van der Waals surface area (Å²) in [5.74, 6) is 0.598. The zero-order valence-corrected chi connectivity index (χ0v) is 9.45. The second-order valence-electron chi connectivity index (χ2n) is 4.83. The molecule has 15 heavy (non-hydrogen) atoms. The Labute approximate surface area is 91.9 Å². The highest BCUT2D eigenvalue weighted by Crippen LogP contribution is 2.36. The van der Waals surface area contributed by atoms with E-state index < -0.39 is 0 Å². The number of hydrogen-bond acceptors (Lipinski definition) is 2. The molecular formula is C13H20N2. The molecule has 0 amide bonds. The van der Waals surface area contributed by atoms with Crippen molar-refractivity contribution in [3.8, 4) is 0 Å². The summed E-state index contributed by atoms with van der Waals surface area (Å²) in [7, 11) is 0. The molecule has 82 valence electrons. The summed E-state index contributed by atoms with van der Waals surface area (Å²) in [6, 6.07) is 6.02. The lowest BCUT2D eigenvalue weighted by Crippen LogP contribution is -2.42. The Balaban J connectivity index is 2.18. The minimum absolute atomic E-state index is 0.248. The molecule has 0 bridgehead atoms. The van der Waals surface area contributed by atoms with E-state index >= 15 is 0 Å². The molecule has 1 unspecified atom stereocenters. The van der Waals surface area contributed by atoms with Gasteiger partial charge in [-0.3, -0.25) is 4.98 Å². The second kappa shape index (κ2) is 4.31. The van der Waals surface area contributed by atoms with Gasteiger partial charge in [0.05, 0.1) is 11.2 Å². The van der Waals surface area contributed by atoms with Gasteiger partial charge < -0.3 is 5.73 Å². The van der Waals surface area contributed by atoms with Crippen molar-refractivity contribution in [3.05, 3.63) is 30.1 Å². The summed E-state index contributed by atoms with van der Waals surface area (Å²) in [5.41, 5.74) is 7.24. The molecule has 0 radical (unpaired) electrons. The lowest BCUT2D eigenvalue weighted by molar-refractivity contribution is 0.219. The van der Waals surface area contributed by atoms with Gasteiger partial charge in [0.15, 0.2) is 0 Å². The lowest BCUT2D eigenvalue weighted by atomic mass is 9.74. The number of pyridine rings is 1. The van der Waals surface area contributed by atoms with Crippen LogP contribution >= 0.6 is 0 Å². The maximum absolute atomic E-state index is 6.45. The van der Waals surface area contributed by atoms with Gasteiger partial charge in [0.2, 0.25) is 0 Å². The van der Waals surface area contributed by atoms with E-state index in [2.05, 4.69) is 18.0 Å². The van der Waals surface area contributed by atoms with Crippen LogP contribution < -0.4 is 5.73 Å². The molecule has 1 heterocycles. The van der Waals surface area contributed by atoms with Gasteiger partial charge in [-0.2, -0.15) is 0 Å². The zero-order chi connectivity index (χ0) is 10.7. The van der Waals surface area contributed by atoms with Crippen LogP contribution in [0.2, 0.25) is 0 Å². The summed E-state index contributed by atoms with van der Waals surface area (Å²) < 4.78 is 0. The van der Waals surface area contributed by atoms with Gasteiger partial charge >= 0.3 is 0 Å². The first-order valence-corrected chi connectivity index (χ1v) is 5.91. The summed E-state index contributed by atoms with van der Waals surface area (Å²) in [6.07, 6.45) is 8.36. The standard InChI is InChI=1S/C13H20N2/c1-13(14,11-7-3-2-4-8-11)12-9-5-6-10-15-12/h5-6,9-11H,2-4,7-8,14H2,1H3. The van der Waals surface area contributed by atoms with Crippen LogP contribution in [0.25, 0.3) is 0 Å². The number of hydrogen-bond donors (Lipinski definition) is 1. The van der Waals surface area contributed by atoms with E-state index in [1.807, 2.05) is 18.3 Å². The molecule has 2 heteroatoms. The van der Waals surface area contributed by atoms with Gasteiger partial charge in [-0.05, 0) is 37.8 Å². The highest BCUT2D eigenvalue weighted by molar-refractivity contribution is 5.15. The highest BCUT2D eigenvalue weighted by atomic mass is 14.8. The van der Waals surface area contributed by atoms with Crippen molar-refractivity contribution >= 4 is 0 Å². The third kappa shape index (κ3) is 2.20. The molecule has 1 aliphatic carbocycles. The van der Waals surface area contributed by atoms with E-state index in [1.54, 1.807) is 0 Å². The Morgan fingerprint density at radius 2 is 2.00 bits per heavy atom. The number of nitrogens with zero attached hydrogens (tertiary/aromatic N) is 1. The van der Waals surface area contributed by atoms with Gasteiger partial charge in [0.25, 0.3) is 0 Å². The topological polar surface area (TPSA) is 38.9 Å². The van der Waals surface area contributed by atoms with E-state index in [0.29, 0.717) is 5.92 Å². The smallest absolute Gasteiger partial charge is 0.0602 e. The monoisotopic (exact) mass is 204 g/mol. The second-order valence-corrected chi connectivity index (χ2v) is 4.83. The van der Waals surface area contributed by atoms with Crippen LogP contribution in [0, 0.1) is 5.92 Å². The van der Waals surface area contributed by atoms with Crippen molar-refractivity contribution in [1.82, 2.24) is 4.98 Å². The fraction of sp³-hybridized carbons (Fsp3) is 0.615. The molecule has 1 aliphatic rings. The van der Waals surface area contributed by atoms with Crippen LogP contribution in [0.15, 0.2) is 24.4 Å². The van der Waals surface area contributed by atoms with Crippen LogP contribution in [-0.4, -0.2) is 4.98 Å². The predicted molar refractivity (Wildman–Crippen MR) is 62.4 cm³/mol. The third-order valence-electron chi connectivity index (χ3n) is 3.67. The molecule has 1 aromatic rings. The predicted octanol–water partition coefficient (Wildman–Crippen LogP) is 2.84. The average Bonchev–Trinajstić information content (AvgIpc) is 2.31. The molecular weight excluding hydrogens is 184 g/mol. The first kappa shape index (κ1) is 10.6. The molecule has 1 saturated carbocycles. The minimum atomic E-state index is -0.248. The summed E-state index contributed by atoms with van der Waals surface area (Å²) in [6.45, 7) is 2.13. The van der Waals surface area contributed by atoms with Gasteiger partial charge in [-0.25, -0.2) is 0 Å². The average molecular weight is 204 g/mol. The van der Waals surface area contributed by atoms with Crippen molar-refractivity contribution in [1.29, 1.82) is 0 Å². The molecule has 0 spiro atoms. The van der Waals surface area contributed by atoms with Gasteiger partial charge in [0.1, 0.15) is 0 Å². The third-order valence-corrected chi connectivity index (χ3v) is 3.67. The fourth-order valence-electron chi connectivity index (χ4n) is 2.59. The number of nitrogens with two attached hydrogens (primary N) is 1. The van der Waals surface area contributed by atoms with Crippen molar-refractivity contribution in [3.63, 3.8) is 0 Å². The molecule has 0 saturated heterocycles. The molecule has 1 fully saturated rings. The molecule has 2 rings (SSSR count). The van der Waals surface area contributed by atoms with Crippen molar-refractivity contribution < 1.29 is 0 Å². The Hall–Kier alpha value is -0.890. The van der Waals surface area contributed by atoms with Crippen molar-refractivity contribution in [2.24, 2.45) is 11.7 Å². The van der Waals surface area contributed by atoms with Crippen molar-refractivity contribution in [2.75, 3.05) is 0 Å². The van der Waals surface area contributed by atoms with Crippen molar-refractivity contribution in [2.45, 2.75) is 44.6 Å². The van der Waals surface area contributed by atoms with E-state index in [4.69, 9.17) is 5.73 Å². The highest BCUT2D eigenvalue weighted by Gasteiger charge is 2.33. The molecule has 1 atom stereocenters. The minimum Gasteiger partial charge on any atom is -0.320 e. The lowest BCUT2D eigenvalue weighted by Gasteiger charge is -2.36. The first-order chi connectivity index (χ1) is 7.21. The van der Waals surface area contributed by atoms with Crippen LogP contribution in [-0.2, 0) is 5.54 Å². The summed E-state index contributed by atoms with van der Waals surface area (Å²) in [4.78, 5) is 4.40. The van der Waals surface area contributed by atoms with Gasteiger partial charge in [-0.15, -0.1) is 0 Å². The maximum Gasteiger partial charge on any atom is 0.0602 e. The zero-order valence-electron chi connectivity index (χ0n) is 9.45. The van der Waals surface area contributed by atoms with E-state index in [9.17, 15) is 0 Å². The molecule has 2 nitrogen and oxygen atoms in total. The molecule has 0 aliphatic heterocycles. The van der Waals surface area contributed by atoms with Gasteiger partial charge in [-0.1, -0.05) is 25.3 Å². The Kier molecular flexibility index (Phi) is 3.06. The fourth-order valence-corrected chi connectivity index (χ4v) is 2.59. The Morgan fingerprint density at radius 3 is 2.60 bits per heavy atom. The normalized spacial score (nSPS) is 22.3. The van der Waals surface area contributed by atoms with E-state index in [-0.39, 0.29) is 5.54 Å².